The normalized spacial score (nSPS) is 12.1. The van der Waals surface area contributed by atoms with Gasteiger partial charge in [0, 0.05) is 51.2 Å². The molecular formula is C21H36N4O3. The maximum absolute atomic E-state index is 12.8. The maximum Gasteiger partial charge on any atom is 0.318 e. The van der Waals surface area contributed by atoms with Crippen LogP contribution in [0, 0.1) is 5.92 Å². The molecule has 7 heteroatoms. The molecule has 0 saturated heterocycles. The number of hydrogen-bond donors (Lipinski definition) is 2. The van der Waals surface area contributed by atoms with Crippen molar-refractivity contribution in [3.8, 4) is 0 Å². The van der Waals surface area contributed by atoms with Crippen LogP contribution in [0.1, 0.15) is 40.2 Å². The first-order valence-electron chi connectivity index (χ1n) is 9.73. The second-order valence-electron chi connectivity index (χ2n) is 7.94. The Bertz CT molecular complexity index is 659. The molecule has 28 heavy (non-hydrogen) atoms. The van der Waals surface area contributed by atoms with Crippen LogP contribution in [0.5, 0.6) is 0 Å². The van der Waals surface area contributed by atoms with Crippen LogP contribution >= 0.6 is 0 Å². The van der Waals surface area contributed by atoms with Crippen molar-refractivity contribution >= 4 is 23.3 Å². The van der Waals surface area contributed by atoms with E-state index in [1.54, 1.807) is 0 Å². The third-order valence-electron chi connectivity index (χ3n) is 4.59. The molecule has 0 aliphatic heterocycles. The number of methoxy groups -OCH3 is 1. The van der Waals surface area contributed by atoms with Gasteiger partial charge in [-0.25, -0.2) is 4.79 Å². The van der Waals surface area contributed by atoms with E-state index in [2.05, 4.69) is 31.4 Å². The number of urea groups is 1. The van der Waals surface area contributed by atoms with Gasteiger partial charge < -0.3 is 25.2 Å². The van der Waals surface area contributed by atoms with E-state index in [-0.39, 0.29) is 30.6 Å². The van der Waals surface area contributed by atoms with Crippen LogP contribution in [-0.4, -0.2) is 56.7 Å². The smallest absolute Gasteiger partial charge is 0.318 e. The number of benzene rings is 1. The van der Waals surface area contributed by atoms with Gasteiger partial charge in [-0.1, -0.05) is 13.8 Å². The predicted octanol–water partition coefficient (Wildman–Crippen LogP) is 3.30. The van der Waals surface area contributed by atoms with E-state index in [9.17, 15) is 9.59 Å². The molecule has 7 nitrogen and oxygen atoms in total. The van der Waals surface area contributed by atoms with Crippen molar-refractivity contribution in [2.45, 2.75) is 53.2 Å². The molecule has 0 saturated carbocycles. The average Bonchev–Trinajstić information content (AvgIpc) is 2.58. The number of hydrogen-bond acceptors (Lipinski definition) is 4. The van der Waals surface area contributed by atoms with E-state index >= 15 is 0 Å². The number of nitrogens with zero attached hydrogens (tertiary/aromatic N) is 2. The first kappa shape index (κ1) is 23.8. The van der Waals surface area contributed by atoms with Gasteiger partial charge in [-0.05, 0) is 50.5 Å². The molecule has 0 aromatic heterocycles. The molecule has 0 spiro atoms. The minimum atomic E-state index is -0.212. The molecule has 1 unspecified atom stereocenters. The number of rotatable bonds is 9. The lowest BCUT2D eigenvalue weighted by Crippen LogP contribution is -2.48. The van der Waals surface area contributed by atoms with Crippen LogP contribution in [0.15, 0.2) is 18.2 Å². The van der Waals surface area contributed by atoms with Crippen molar-refractivity contribution in [1.29, 1.82) is 0 Å². The van der Waals surface area contributed by atoms with E-state index < -0.39 is 0 Å². The van der Waals surface area contributed by atoms with Crippen molar-refractivity contribution in [2.24, 2.45) is 5.92 Å². The van der Waals surface area contributed by atoms with Crippen LogP contribution < -0.4 is 15.5 Å². The number of carbonyl (C=O) groups excluding carboxylic acids is 2. The summed E-state index contributed by atoms with van der Waals surface area (Å²) < 4.78 is 4.88. The van der Waals surface area contributed by atoms with Crippen LogP contribution in [0.3, 0.4) is 0 Å². The van der Waals surface area contributed by atoms with Crippen molar-refractivity contribution in [2.75, 3.05) is 38.0 Å². The monoisotopic (exact) mass is 392 g/mol. The van der Waals surface area contributed by atoms with E-state index in [1.807, 2.05) is 55.9 Å². The fourth-order valence-electron chi connectivity index (χ4n) is 2.83. The highest BCUT2D eigenvalue weighted by atomic mass is 16.5. The first-order valence-corrected chi connectivity index (χ1v) is 9.73. The summed E-state index contributed by atoms with van der Waals surface area (Å²) in [5.74, 6) is 0.0984. The van der Waals surface area contributed by atoms with E-state index in [0.717, 1.165) is 11.3 Å². The number of amides is 3. The third kappa shape index (κ3) is 7.03. The summed E-state index contributed by atoms with van der Waals surface area (Å²) in [7, 11) is 5.41. The highest BCUT2D eigenvalue weighted by molar-refractivity contribution is 5.92. The van der Waals surface area contributed by atoms with Crippen LogP contribution in [-0.2, 0) is 16.1 Å². The summed E-state index contributed by atoms with van der Waals surface area (Å²) in [6.07, 6.45) is 0. The van der Waals surface area contributed by atoms with Gasteiger partial charge in [-0.15, -0.1) is 0 Å². The number of carbonyl (C=O) groups is 2. The molecule has 0 aliphatic carbocycles. The molecule has 158 valence electrons. The average molecular weight is 393 g/mol. The standard InChI is InChI=1S/C21H36N4O3/c1-14(2)16(5)25(21(27)22-15(3)4)12-17-11-18(23-20(26)13-28-8)9-10-19(17)24(6)7/h9-11,14-16H,12-13H2,1-8H3,(H,22,27)(H,23,26). The fraction of sp³-hybridized carbons (Fsp3) is 0.619. The SMILES string of the molecule is COCC(=O)Nc1ccc(N(C)C)c(CN(C(=O)NC(C)C)C(C)C(C)C)c1. The van der Waals surface area contributed by atoms with Crippen LogP contribution in [0.25, 0.3) is 0 Å². The van der Waals surface area contributed by atoms with Crippen molar-refractivity contribution in [1.82, 2.24) is 10.2 Å². The Hall–Kier alpha value is -2.28. The molecule has 1 aromatic carbocycles. The topological polar surface area (TPSA) is 73.9 Å². The maximum atomic E-state index is 12.8. The van der Waals surface area contributed by atoms with Gasteiger partial charge in [-0.2, -0.15) is 0 Å². The number of ether oxygens (including phenoxy) is 1. The van der Waals surface area contributed by atoms with Crippen LogP contribution in [0.2, 0.25) is 0 Å². The van der Waals surface area contributed by atoms with Gasteiger partial charge in [0.05, 0.1) is 0 Å². The summed E-state index contributed by atoms with van der Waals surface area (Å²) >= 11 is 0. The lowest BCUT2D eigenvalue weighted by molar-refractivity contribution is -0.119. The van der Waals surface area contributed by atoms with Crippen molar-refractivity contribution in [3.05, 3.63) is 23.8 Å². The molecule has 0 fully saturated rings. The van der Waals surface area contributed by atoms with Crippen LogP contribution in [0.4, 0.5) is 16.2 Å². The lowest BCUT2D eigenvalue weighted by Gasteiger charge is -2.34. The summed E-state index contributed by atoms with van der Waals surface area (Å²) in [5, 5.41) is 5.83. The van der Waals surface area contributed by atoms with Gasteiger partial charge in [0.2, 0.25) is 5.91 Å². The summed E-state index contributed by atoms with van der Waals surface area (Å²) in [6, 6.07) is 5.76. The Labute approximate surface area is 169 Å². The number of anilines is 2. The lowest BCUT2D eigenvalue weighted by atomic mass is 10.0. The highest BCUT2D eigenvalue weighted by Gasteiger charge is 2.24. The third-order valence-corrected chi connectivity index (χ3v) is 4.59. The minimum Gasteiger partial charge on any atom is -0.377 e. The Balaban J connectivity index is 3.23. The zero-order chi connectivity index (χ0) is 21.4. The van der Waals surface area contributed by atoms with Gasteiger partial charge in [-0.3, -0.25) is 4.79 Å². The zero-order valence-electron chi connectivity index (χ0n) is 18.5. The Morgan fingerprint density at radius 1 is 1.11 bits per heavy atom. The van der Waals surface area contributed by atoms with Gasteiger partial charge in [0.25, 0.3) is 0 Å². The molecule has 2 N–H and O–H groups in total. The molecule has 1 rings (SSSR count). The zero-order valence-corrected chi connectivity index (χ0v) is 18.5. The minimum absolute atomic E-state index is 0.00192. The second-order valence-corrected chi connectivity index (χ2v) is 7.94. The molecule has 0 bridgehead atoms. The Kier molecular flexibility index (Phi) is 9.25. The van der Waals surface area contributed by atoms with Crippen molar-refractivity contribution < 1.29 is 14.3 Å². The molecule has 0 aliphatic rings. The van der Waals surface area contributed by atoms with E-state index in [4.69, 9.17) is 4.74 Å². The molecule has 1 atom stereocenters. The molecule has 3 amide bonds. The van der Waals surface area contributed by atoms with Crippen molar-refractivity contribution in [3.63, 3.8) is 0 Å². The number of nitrogens with one attached hydrogen (secondary N) is 2. The first-order chi connectivity index (χ1) is 13.1. The van der Waals surface area contributed by atoms with Gasteiger partial charge >= 0.3 is 6.03 Å². The molecule has 0 radical (unpaired) electrons. The van der Waals surface area contributed by atoms with Gasteiger partial charge in [0.15, 0.2) is 0 Å². The predicted molar refractivity (Wildman–Crippen MR) is 115 cm³/mol. The van der Waals surface area contributed by atoms with E-state index in [1.165, 1.54) is 7.11 Å². The molecule has 0 heterocycles. The summed E-state index contributed by atoms with van der Waals surface area (Å²) in [5.41, 5.74) is 2.65. The molecular weight excluding hydrogens is 356 g/mol. The largest absolute Gasteiger partial charge is 0.377 e. The van der Waals surface area contributed by atoms with E-state index in [0.29, 0.717) is 18.2 Å². The van der Waals surface area contributed by atoms with Gasteiger partial charge in [0.1, 0.15) is 6.61 Å². The Morgan fingerprint density at radius 2 is 1.75 bits per heavy atom. The summed E-state index contributed by atoms with van der Waals surface area (Å²) in [4.78, 5) is 28.6. The quantitative estimate of drug-likeness (QED) is 0.676. The Morgan fingerprint density at radius 3 is 2.25 bits per heavy atom. The summed E-state index contributed by atoms with van der Waals surface area (Å²) in [6.45, 7) is 10.6. The molecule has 1 aromatic rings. The highest BCUT2D eigenvalue weighted by Crippen LogP contribution is 2.26. The second kappa shape index (κ2) is 10.9. The fourth-order valence-corrected chi connectivity index (χ4v) is 2.83.